The Morgan fingerprint density at radius 2 is 1.73 bits per heavy atom. The lowest BCUT2D eigenvalue weighted by Gasteiger charge is -2.37. The Bertz CT molecular complexity index is 450. The fourth-order valence-electron chi connectivity index (χ4n) is 1.63. The van der Waals surface area contributed by atoms with E-state index in [-0.39, 0.29) is 18.4 Å². The van der Waals surface area contributed by atoms with Crippen LogP contribution >= 0.6 is 23.4 Å². The van der Waals surface area contributed by atoms with Crippen molar-refractivity contribution in [2.45, 2.75) is 41.6 Å². The predicted octanol–water partition coefficient (Wildman–Crippen LogP) is 4.17. The van der Waals surface area contributed by atoms with Gasteiger partial charge in [0.05, 0.1) is 6.61 Å². The Kier molecular flexibility index (Phi) is 5.16. The molecule has 0 spiro atoms. The highest BCUT2D eigenvalue weighted by molar-refractivity contribution is 8.01. The summed E-state index contributed by atoms with van der Waals surface area (Å²) in [6.45, 7) is 2.06. The summed E-state index contributed by atoms with van der Waals surface area (Å²) in [5, 5.41) is 4.21. The zero-order valence-corrected chi connectivity index (χ0v) is 12.9. The first-order valence-electron chi connectivity index (χ1n) is 5.80. The number of hydrogen-bond donors (Lipinski definition) is 1. The normalized spacial score (nSPS) is 25.7. The summed E-state index contributed by atoms with van der Waals surface area (Å²) >= 11 is 4.62. The third kappa shape index (κ3) is 3.20. The summed E-state index contributed by atoms with van der Waals surface area (Å²) in [7, 11) is 0. The molecule has 0 aliphatic carbocycles. The molecular weight excluding hydrogens is 365 g/mol. The van der Waals surface area contributed by atoms with Crippen LogP contribution in [0.1, 0.15) is 13.8 Å². The highest BCUT2D eigenvalue weighted by Crippen LogP contribution is 2.53. The Labute approximate surface area is 130 Å². The lowest BCUT2D eigenvalue weighted by molar-refractivity contribution is -0.269. The lowest BCUT2D eigenvalue weighted by Crippen LogP contribution is -2.53. The first kappa shape index (κ1) is 19.9. The molecule has 1 aliphatic heterocycles. The molecule has 0 aromatic rings. The molecule has 1 atom stereocenters. The second-order valence-corrected chi connectivity index (χ2v) is 6.84. The van der Waals surface area contributed by atoms with Crippen LogP contribution in [0, 0.1) is 0 Å². The van der Waals surface area contributed by atoms with Crippen molar-refractivity contribution in [2.24, 2.45) is 0 Å². The Balaban J connectivity index is 3.30. The van der Waals surface area contributed by atoms with Crippen LogP contribution in [0.3, 0.4) is 0 Å². The highest BCUT2D eigenvalue weighted by Gasteiger charge is 2.73. The minimum atomic E-state index is -6.17. The number of rotatable bonds is 5. The molecule has 11 heteroatoms. The molecule has 22 heavy (non-hydrogen) atoms. The molecule has 0 aromatic heterocycles. The molecule has 1 N–H and O–H groups in total. The van der Waals surface area contributed by atoms with Crippen molar-refractivity contribution in [3.05, 3.63) is 11.9 Å². The van der Waals surface area contributed by atoms with Crippen molar-refractivity contribution < 1.29 is 40.6 Å². The van der Waals surface area contributed by atoms with Gasteiger partial charge in [-0.05, 0) is 31.5 Å². The van der Waals surface area contributed by atoms with Crippen molar-refractivity contribution >= 4 is 23.4 Å². The maximum absolute atomic E-state index is 13.7. The van der Waals surface area contributed by atoms with Crippen LogP contribution in [-0.2, 0) is 4.74 Å². The van der Waals surface area contributed by atoms with E-state index in [1.54, 1.807) is 0 Å². The Morgan fingerprint density at radius 1 is 1.23 bits per heavy atom. The smallest absolute Gasteiger partial charge is 0.386 e. The number of alkyl halides is 7. The van der Waals surface area contributed by atoms with Gasteiger partial charge in [-0.2, -0.15) is 26.3 Å². The molecular formula is C11H12ClF7O2S. The minimum absolute atomic E-state index is 0.0773. The summed E-state index contributed by atoms with van der Waals surface area (Å²) in [5.74, 6) is -14.8. The highest BCUT2D eigenvalue weighted by atomic mass is 35.5. The Morgan fingerprint density at radius 3 is 2.05 bits per heavy atom. The van der Waals surface area contributed by atoms with Crippen molar-refractivity contribution in [1.29, 1.82) is 0 Å². The molecule has 0 bridgehead atoms. The molecule has 1 unspecified atom stereocenters. The molecule has 2 nitrogen and oxygen atoms in total. The zero-order chi connectivity index (χ0) is 17.6. The fraction of sp³-hybridized carbons (Fsp3) is 0.818. The van der Waals surface area contributed by atoms with Gasteiger partial charge >= 0.3 is 17.2 Å². The molecule has 0 aromatic carbocycles. The minimum Gasteiger partial charge on any atom is -0.386 e. The second-order valence-electron chi connectivity index (χ2n) is 5.06. The van der Waals surface area contributed by atoms with Gasteiger partial charge in [0.1, 0.15) is 5.60 Å². The number of ether oxygens (including phenoxy) is 1. The van der Waals surface area contributed by atoms with Gasteiger partial charge in [0.2, 0.25) is 0 Å². The lowest BCUT2D eigenvalue weighted by atomic mass is 9.98. The summed E-state index contributed by atoms with van der Waals surface area (Å²) in [5.41, 5.74) is -1.94. The SMILES string of the molecule is CC(C)(O)C1(/C=C(\F)C(F)(F)C(F)(F)C(F)(F)Cl)OCCS1. The maximum Gasteiger partial charge on any atom is 0.393 e. The van der Waals surface area contributed by atoms with Crippen LogP contribution in [0.4, 0.5) is 30.7 Å². The summed E-state index contributed by atoms with van der Waals surface area (Å²) in [6, 6.07) is 0. The van der Waals surface area contributed by atoms with Crippen LogP contribution < -0.4 is 0 Å². The molecule has 130 valence electrons. The third-order valence-electron chi connectivity index (χ3n) is 2.94. The van der Waals surface area contributed by atoms with E-state index in [1.165, 1.54) is 0 Å². The van der Waals surface area contributed by atoms with Gasteiger partial charge in [0, 0.05) is 5.75 Å². The topological polar surface area (TPSA) is 29.5 Å². The molecule has 1 heterocycles. The van der Waals surface area contributed by atoms with Gasteiger partial charge in [-0.1, -0.05) is 0 Å². The van der Waals surface area contributed by atoms with E-state index < -0.39 is 33.6 Å². The van der Waals surface area contributed by atoms with E-state index in [1.807, 2.05) is 0 Å². The van der Waals surface area contributed by atoms with Crippen molar-refractivity contribution in [1.82, 2.24) is 0 Å². The van der Waals surface area contributed by atoms with E-state index in [4.69, 9.17) is 4.74 Å². The average Bonchev–Trinajstić information content (AvgIpc) is 2.76. The molecule has 1 aliphatic rings. The fourth-order valence-corrected chi connectivity index (χ4v) is 2.92. The molecule has 0 saturated carbocycles. The summed E-state index contributed by atoms with van der Waals surface area (Å²) in [6.07, 6.45) is -0.110. The van der Waals surface area contributed by atoms with E-state index >= 15 is 0 Å². The van der Waals surface area contributed by atoms with Gasteiger partial charge in [-0.3, -0.25) is 0 Å². The van der Waals surface area contributed by atoms with Crippen LogP contribution in [0.25, 0.3) is 0 Å². The van der Waals surface area contributed by atoms with E-state index in [2.05, 4.69) is 11.6 Å². The molecule has 1 rings (SSSR count). The summed E-state index contributed by atoms with van der Waals surface area (Å²) < 4.78 is 96.4. The third-order valence-corrected chi connectivity index (χ3v) is 4.71. The van der Waals surface area contributed by atoms with Gasteiger partial charge in [-0.25, -0.2) is 4.39 Å². The monoisotopic (exact) mass is 376 g/mol. The van der Waals surface area contributed by atoms with Crippen molar-refractivity contribution in [2.75, 3.05) is 12.4 Å². The average molecular weight is 377 g/mol. The van der Waals surface area contributed by atoms with E-state index in [0.29, 0.717) is 11.8 Å². The largest absolute Gasteiger partial charge is 0.393 e. The predicted molar refractivity (Wildman–Crippen MR) is 67.3 cm³/mol. The van der Waals surface area contributed by atoms with Crippen LogP contribution in [-0.4, -0.2) is 45.2 Å². The quantitative estimate of drug-likeness (QED) is 0.577. The molecule has 1 fully saturated rings. The van der Waals surface area contributed by atoms with Crippen molar-refractivity contribution in [3.63, 3.8) is 0 Å². The standard InChI is InChI=1S/C11H12ClF7O2S/c1-7(2,20)8(21-3-4-22-8)5-6(13)9(14,15)10(16,17)11(12,18)19/h5,20H,3-4H2,1-2H3/b6-5-. The van der Waals surface area contributed by atoms with Crippen LogP contribution in [0.2, 0.25) is 0 Å². The van der Waals surface area contributed by atoms with E-state index in [0.717, 1.165) is 13.8 Å². The molecule has 1 saturated heterocycles. The molecule has 0 radical (unpaired) electrons. The molecule has 0 amide bonds. The first-order valence-corrected chi connectivity index (χ1v) is 7.16. The van der Waals surface area contributed by atoms with E-state index in [9.17, 15) is 35.8 Å². The number of halogens is 8. The number of hydrogen-bond acceptors (Lipinski definition) is 3. The Hall–Kier alpha value is -0.190. The summed E-state index contributed by atoms with van der Waals surface area (Å²) in [4.78, 5) is -2.11. The van der Waals surface area contributed by atoms with Gasteiger partial charge < -0.3 is 9.84 Å². The maximum atomic E-state index is 13.7. The van der Waals surface area contributed by atoms with Gasteiger partial charge in [0.25, 0.3) is 0 Å². The van der Waals surface area contributed by atoms with Gasteiger partial charge in [0.15, 0.2) is 10.8 Å². The second kappa shape index (κ2) is 5.71. The van der Waals surface area contributed by atoms with Gasteiger partial charge in [-0.15, -0.1) is 11.8 Å². The van der Waals surface area contributed by atoms with Crippen LogP contribution in [0.15, 0.2) is 11.9 Å². The first-order chi connectivity index (χ1) is 9.58. The number of aliphatic hydroxyl groups is 1. The van der Waals surface area contributed by atoms with Crippen LogP contribution in [0.5, 0.6) is 0 Å². The number of allylic oxidation sites excluding steroid dienone is 1. The van der Waals surface area contributed by atoms with Crippen molar-refractivity contribution in [3.8, 4) is 0 Å². The zero-order valence-electron chi connectivity index (χ0n) is 11.3. The number of thioether (sulfide) groups is 1.